The number of thiazole rings is 1. The fraction of sp³-hybridized carbons (Fsp3) is 0.167. The summed E-state index contributed by atoms with van der Waals surface area (Å²) >= 11 is 2.68. The van der Waals surface area contributed by atoms with Gasteiger partial charge < -0.3 is 4.74 Å². The predicted octanol–water partition coefficient (Wildman–Crippen LogP) is 4.53. The lowest BCUT2D eigenvalue weighted by Gasteiger charge is -2.01. The van der Waals surface area contributed by atoms with Crippen LogP contribution in [0.5, 0.6) is 0 Å². The summed E-state index contributed by atoms with van der Waals surface area (Å²) in [5.74, 6) is -0.694. The maximum Gasteiger partial charge on any atom is 0.350 e. The van der Waals surface area contributed by atoms with Crippen molar-refractivity contribution < 1.29 is 14.3 Å². The van der Waals surface area contributed by atoms with Crippen LogP contribution in [0.4, 0.5) is 0 Å². The molecule has 3 rings (SSSR count). The standard InChI is InChI=1S/C18H15NO3S2/c1-11-8-9-15(23-11)14(20)10-22-18(21)16-12(2)19-17(24-16)13-6-4-3-5-7-13/h3-9H,10H2,1-2H3. The molecule has 2 heterocycles. The second kappa shape index (κ2) is 7.07. The highest BCUT2D eigenvalue weighted by atomic mass is 32.1. The van der Waals surface area contributed by atoms with Crippen molar-refractivity contribution in [1.29, 1.82) is 0 Å². The maximum atomic E-state index is 12.3. The number of rotatable bonds is 5. The molecule has 0 saturated carbocycles. The van der Waals surface area contributed by atoms with E-state index in [-0.39, 0.29) is 12.4 Å². The molecule has 2 aromatic heterocycles. The van der Waals surface area contributed by atoms with Gasteiger partial charge in [0.25, 0.3) is 0 Å². The molecule has 122 valence electrons. The topological polar surface area (TPSA) is 56.3 Å². The van der Waals surface area contributed by atoms with Gasteiger partial charge in [0, 0.05) is 10.4 Å². The first-order valence-corrected chi connectivity index (χ1v) is 8.97. The second-order valence-corrected chi connectivity index (χ2v) is 7.50. The fourth-order valence-electron chi connectivity index (χ4n) is 2.14. The zero-order chi connectivity index (χ0) is 17.1. The summed E-state index contributed by atoms with van der Waals surface area (Å²) in [4.78, 5) is 30.8. The minimum absolute atomic E-state index is 0.188. The minimum Gasteiger partial charge on any atom is -0.453 e. The Labute approximate surface area is 147 Å². The van der Waals surface area contributed by atoms with E-state index in [0.29, 0.717) is 15.4 Å². The van der Waals surface area contributed by atoms with Crippen LogP contribution in [0.15, 0.2) is 42.5 Å². The van der Waals surface area contributed by atoms with E-state index in [1.807, 2.05) is 43.3 Å². The molecule has 0 unspecified atom stereocenters. The van der Waals surface area contributed by atoms with E-state index in [1.54, 1.807) is 13.0 Å². The Morgan fingerprint density at radius 1 is 1.04 bits per heavy atom. The highest BCUT2D eigenvalue weighted by Gasteiger charge is 2.19. The van der Waals surface area contributed by atoms with Crippen LogP contribution in [-0.2, 0) is 4.74 Å². The molecule has 6 heteroatoms. The van der Waals surface area contributed by atoms with Gasteiger partial charge in [-0.3, -0.25) is 4.79 Å². The van der Waals surface area contributed by atoms with Gasteiger partial charge in [-0.25, -0.2) is 9.78 Å². The van der Waals surface area contributed by atoms with Crippen LogP contribution < -0.4 is 0 Å². The van der Waals surface area contributed by atoms with Crippen molar-refractivity contribution in [2.75, 3.05) is 6.61 Å². The average Bonchev–Trinajstić information content (AvgIpc) is 3.19. The molecule has 0 amide bonds. The van der Waals surface area contributed by atoms with E-state index in [2.05, 4.69) is 4.98 Å². The zero-order valence-electron chi connectivity index (χ0n) is 13.2. The molecule has 0 aliphatic carbocycles. The second-order valence-electron chi connectivity index (χ2n) is 5.21. The van der Waals surface area contributed by atoms with Crippen LogP contribution in [0.1, 0.15) is 29.9 Å². The van der Waals surface area contributed by atoms with Crippen molar-refractivity contribution in [2.45, 2.75) is 13.8 Å². The van der Waals surface area contributed by atoms with Crippen LogP contribution in [0, 0.1) is 13.8 Å². The molecule has 0 N–H and O–H groups in total. The van der Waals surface area contributed by atoms with Crippen molar-refractivity contribution in [2.24, 2.45) is 0 Å². The molecule has 1 aromatic carbocycles. The molecule has 0 aliphatic rings. The number of thiophene rings is 1. The third-order valence-electron chi connectivity index (χ3n) is 3.35. The Bertz CT molecular complexity index is 881. The number of aryl methyl sites for hydroxylation is 2. The molecular weight excluding hydrogens is 342 g/mol. The van der Waals surface area contributed by atoms with E-state index in [1.165, 1.54) is 22.7 Å². The number of carbonyl (C=O) groups is 2. The molecule has 0 atom stereocenters. The van der Waals surface area contributed by atoms with E-state index in [9.17, 15) is 9.59 Å². The van der Waals surface area contributed by atoms with E-state index < -0.39 is 5.97 Å². The van der Waals surface area contributed by atoms with Crippen molar-refractivity contribution >= 4 is 34.4 Å². The number of hydrogen-bond donors (Lipinski definition) is 0. The molecule has 0 radical (unpaired) electrons. The number of ketones is 1. The lowest BCUT2D eigenvalue weighted by molar-refractivity contribution is 0.0479. The lowest BCUT2D eigenvalue weighted by atomic mass is 10.2. The van der Waals surface area contributed by atoms with Gasteiger partial charge in [-0.2, -0.15) is 0 Å². The lowest BCUT2D eigenvalue weighted by Crippen LogP contribution is -2.13. The van der Waals surface area contributed by atoms with Crippen LogP contribution >= 0.6 is 22.7 Å². The van der Waals surface area contributed by atoms with Crippen molar-refractivity contribution in [3.05, 3.63) is 62.8 Å². The van der Waals surface area contributed by atoms with Crippen molar-refractivity contribution in [3.8, 4) is 10.6 Å². The number of ether oxygens (including phenoxy) is 1. The molecule has 0 bridgehead atoms. The Hall–Kier alpha value is -2.31. The molecule has 4 nitrogen and oxygen atoms in total. The number of esters is 1. The smallest absolute Gasteiger partial charge is 0.350 e. The molecule has 0 fully saturated rings. The third-order valence-corrected chi connectivity index (χ3v) is 5.58. The molecule has 3 aromatic rings. The molecule has 24 heavy (non-hydrogen) atoms. The van der Waals surface area contributed by atoms with Gasteiger partial charge in [0.05, 0.1) is 10.6 Å². The Morgan fingerprint density at radius 2 is 1.79 bits per heavy atom. The zero-order valence-corrected chi connectivity index (χ0v) is 14.9. The highest BCUT2D eigenvalue weighted by molar-refractivity contribution is 7.17. The monoisotopic (exact) mass is 357 g/mol. The van der Waals surface area contributed by atoms with Gasteiger partial charge in [-0.1, -0.05) is 30.3 Å². The van der Waals surface area contributed by atoms with E-state index >= 15 is 0 Å². The number of Topliss-reactive ketones (excluding diaryl/α,β-unsaturated/α-hetero) is 1. The largest absolute Gasteiger partial charge is 0.453 e. The SMILES string of the molecule is Cc1ccc(C(=O)COC(=O)c2sc(-c3ccccc3)nc2C)s1. The van der Waals surface area contributed by atoms with Crippen molar-refractivity contribution in [3.63, 3.8) is 0 Å². The van der Waals surface area contributed by atoms with Crippen LogP contribution in [-0.4, -0.2) is 23.3 Å². The number of hydrogen-bond acceptors (Lipinski definition) is 6. The fourth-order valence-corrected chi connectivity index (χ4v) is 3.90. The summed E-state index contributed by atoms with van der Waals surface area (Å²) in [5, 5.41) is 0.764. The summed E-state index contributed by atoms with van der Waals surface area (Å²) < 4.78 is 5.17. The van der Waals surface area contributed by atoms with Crippen LogP contribution in [0.2, 0.25) is 0 Å². The molecule has 0 aliphatic heterocycles. The predicted molar refractivity (Wildman–Crippen MR) is 96.0 cm³/mol. The highest BCUT2D eigenvalue weighted by Crippen LogP contribution is 2.28. The Kier molecular flexibility index (Phi) is 4.87. The number of carbonyl (C=O) groups excluding carboxylic acids is 2. The van der Waals surface area contributed by atoms with Gasteiger partial charge in [-0.05, 0) is 26.0 Å². The summed E-state index contributed by atoms with van der Waals surface area (Å²) in [6.07, 6.45) is 0. The maximum absolute atomic E-state index is 12.3. The summed E-state index contributed by atoms with van der Waals surface area (Å²) in [5.41, 5.74) is 1.57. The number of nitrogens with zero attached hydrogens (tertiary/aromatic N) is 1. The molecule has 0 saturated heterocycles. The number of aromatic nitrogens is 1. The average molecular weight is 357 g/mol. The summed E-state index contributed by atoms with van der Waals surface area (Å²) in [7, 11) is 0. The Balaban J connectivity index is 1.69. The molecule has 0 spiro atoms. The van der Waals surface area contributed by atoms with Crippen molar-refractivity contribution in [1.82, 2.24) is 4.98 Å². The first-order chi connectivity index (χ1) is 11.5. The summed E-state index contributed by atoms with van der Waals surface area (Å²) in [6.45, 7) is 3.44. The van der Waals surface area contributed by atoms with Gasteiger partial charge in [0.2, 0.25) is 5.78 Å². The third kappa shape index (κ3) is 3.60. The Morgan fingerprint density at radius 3 is 2.46 bits per heavy atom. The number of benzene rings is 1. The first-order valence-electron chi connectivity index (χ1n) is 7.34. The quantitative estimate of drug-likeness (QED) is 0.497. The minimum atomic E-state index is -0.506. The van der Waals surface area contributed by atoms with Crippen LogP contribution in [0.25, 0.3) is 10.6 Å². The summed E-state index contributed by atoms with van der Waals surface area (Å²) in [6, 6.07) is 13.3. The van der Waals surface area contributed by atoms with E-state index in [4.69, 9.17) is 4.74 Å². The van der Waals surface area contributed by atoms with Crippen LogP contribution in [0.3, 0.4) is 0 Å². The normalized spacial score (nSPS) is 10.6. The van der Waals surface area contributed by atoms with E-state index in [0.717, 1.165) is 15.4 Å². The van der Waals surface area contributed by atoms with Gasteiger partial charge >= 0.3 is 5.97 Å². The van der Waals surface area contributed by atoms with Gasteiger partial charge in [0.1, 0.15) is 9.88 Å². The van der Waals surface area contributed by atoms with Gasteiger partial charge in [-0.15, -0.1) is 22.7 Å². The van der Waals surface area contributed by atoms with Gasteiger partial charge in [0.15, 0.2) is 6.61 Å². The molecular formula is C18H15NO3S2. The first kappa shape index (κ1) is 16.5.